The number of rotatable bonds is 3. The summed E-state index contributed by atoms with van der Waals surface area (Å²) in [5.74, 6) is -0.0141. The summed E-state index contributed by atoms with van der Waals surface area (Å²) < 4.78 is 13.3. The highest BCUT2D eigenvalue weighted by Crippen LogP contribution is 2.54. The number of carbonyl (C=O) groups excluding carboxylic acids is 2. The molecule has 1 atom stereocenters. The number of anilines is 1. The van der Waals surface area contributed by atoms with E-state index in [9.17, 15) is 14.0 Å². The standard InChI is InChI=1S/C24H18ClFN2O2S/c25-18-9-7-17(8-10-18)22(29)28-13-14-31-24(28)20-3-1-2-4-21(20)27(23(24)30)15-16-5-11-19(26)12-6-16/h1-12H,13-15H2. The maximum absolute atomic E-state index is 13.9. The average molecular weight is 453 g/mol. The summed E-state index contributed by atoms with van der Waals surface area (Å²) in [7, 11) is 0. The van der Waals surface area contributed by atoms with Gasteiger partial charge in [0.2, 0.25) is 0 Å². The lowest BCUT2D eigenvalue weighted by atomic mass is 10.0. The van der Waals surface area contributed by atoms with Crippen molar-refractivity contribution in [2.24, 2.45) is 0 Å². The summed E-state index contributed by atoms with van der Waals surface area (Å²) in [6, 6.07) is 20.4. The zero-order valence-electron chi connectivity index (χ0n) is 16.4. The molecule has 0 aliphatic carbocycles. The number of nitrogens with zero attached hydrogens (tertiary/aromatic N) is 2. The van der Waals surface area contributed by atoms with Crippen LogP contribution in [0.4, 0.5) is 10.1 Å². The number of amides is 2. The highest BCUT2D eigenvalue weighted by atomic mass is 35.5. The topological polar surface area (TPSA) is 40.6 Å². The molecule has 0 bridgehead atoms. The van der Waals surface area contributed by atoms with Crippen LogP contribution in [0.1, 0.15) is 21.5 Å². The van der Waals surface area contributed by atoms with Gasteiger partial charge in [-0.15, -0.1) is 11.8 Å². The SMILES string of the molecule is O=C(c1ccc(Cl)cc1)N1CCSC12C(=O)N(Cc1ccc(F)cc1)c1ccccc12. The van der Waals surface area contributed by atoms with Crippen molar-refractivity contribution < 1.29 is 14.0 Å². The van der Waals surface area contributed by atoms with Crippen LogP contribution in [-0.2, 0) is 16.2 Å². The predicted octanol–water partition coefficient (Wildman–Crippen LogP) is 5.07. The van der Waals surface area contributed by atoms with Crippen molar-refractivity contribution in [2.45, 2.75) is 11.4 Å². The van der Waals surface area contributed by atoms with Crippen LogP contribution in [0.25, 0.3) is 0 Å². The molecule has 5 rings (SSSR count). The van der Waals surface area contributed by atoms with E-state index in [1.54, 1.807) is 46.2 Å². The van der Waals surface area contributed by atoms with Crippen LogP contribution >= 0.6 is 23.4 Å². The Bertz CT molecular complexity index is 1170. The molecule has 0 radical (unpaired) electrons. The van der Waals surface area contributed by atoms with Crippen molar-refractivity contribution in [2.75, 3.05) is 17.2 Å². The van der Waals surface area contributed by atoms with Gasteiger partial charge < -0.3 is 9.80 Å². The molecule has 156 valence electrons. The molecule has 2 aliphatic heterocycles. The molecule has 2 heterocycles. The number of para-hydroxylation sites is 1. The molecule has 0 saturated carbocycles. The maximum Gasteiger partial charge on any atom is 0.268 e. The van der Waals surface area contributed by atoms with E-state index in [4.69, 9.17) is 11.6 Å². The second kappa shape index (κ2) is 7.70. The number of hydrogen-bond donors (Lipinski definition) is 0. The Morgan fingerprint density at radius 2 is 1.74 bits per heavy atom. The van der Waals surface area contributed by atoms with Gasteiger partial charge in [-0.1, -0.05) is 41.9 Å². The first-order valence-corrected chi connectivity index (χ1v) is 11.2. The fraction of sp³-hybridized carbons (Fsp3) is 0.167. The molecular formula is C24H18ClFN2O2S. The van der Waals surface area contributed by atoms with Crippen molar-refractivity contribution >= 4 is 40.9 Å². The maximum atomic E-state index is 13.9. The van der Waals surface area contributed by atoms with Gasteiger partial charge in [0.05, 0.1) is 12.2 Å². The summed E-state index contributed by atoms with van der Waals surface area (Å²) in [4.78, 5) is 29.6. The molecule has 1 fully saturated rings. The first-order valence-electron chi connectivity index (χ1n) is 9.88. The first-order chi connectivity index (χ1) is 15.0. The summed E-state index contributed by atoms with van der Waals surface area (Å²) in [6.45, 7) is 0.776. The van der Waals surface area contributed by atoms with E-state index in [1.165, 1.54) is 23.9 Å². The normalized spacial score (nSPS) is 19.9. The molecule has 31 heavy (non-hydrogen) atoms. The Kier molecular flexibility index (Phi) is 4.99. The van der Waals surface area contributed by atoms with E-state index in [1.807, 2.05) is 24.3 Å². The third-order valence-electron chi connectivity index (χ3n) is 5.69. The van der Waals surface area contributed by atoms with Crippen LogP contribution in [-0.4, -0.2) is 29.0 Å². The van der Waals surface area contributed by atoms with Crippen molar-refractivity contribution in [3.05, 3.63) is 100 Å². The zero-order valence-corrected chi connectivity index (χ0v) is 18.0. The minimum absolute atomic E-state index is 0.150. The lowest BCUT2D eigenvalue weighted by Gasteiger charge is -2.33. The fourth-order valence-electron chi connectivity index (χ4n) is 4.25. The first kappa shape index (κ1) is 20.1. The number of thioether (sulfide) groups is 1. The molecular weight excluding hydrogens is 435 g/mol. The minimum atomic E-state index is -1.10. The smallest absolute Gasteiger partial charge is 0.268 e. The largest absolute Gasteiger partial charge is 0.311 e. The number of hydrogen-bond acceptors (Lipinski definition) is 3. The average Bonchev–Trinajstić information content (AvgIpc) is 3.33. The predicted molar refractivity (Wildman–Crippen MR) is 121 cm³/mol. The molecule has 1 unspecified atom stereocenters. The summed E-state index contributed by atoms with van der Waals surface area (Å²) in [5.41, 5.74) is 2.90. The number of fused-ring (bicyclic) bond motifs is 2. The number of benzene rings is 3. The molecule has 0 N–H and O–H groups in total. The van der Waals surface area contributed by atoms with E-state index in [0.29, 0.717) is 29.4 Å². The van der Waals surface area contributed by atoms with E-state index in [-0.39, 0.29) is 17.6 Å². The quantitative estimate of drug-likeness (QED) is 0.557. The Morgan fingerprint density at radius 1 is 1.03 bits per heavy atom. The lowest BCUT2D eigenvalue weighted by Crippen LogP contribution is -2.50. The van der Waals surface area contributed by atoms with E-state index in [2.05, 4.69) is 0 Å². The number of halogens is 2. The molecule has 1 saturated heterocycles. The molecule has 4 nitrogen and oxygen atoms in total. The van der Waals surface area contributed by atoms with Gasteiger partial charge in [0, 0.05) is 28.4 Å². The summed E-state index contributed by atoms with van der Waals surface area (Å²) in [5, 5.41) is 0.551. The summed E-state index contributed by atoms with van der Waals surface area (Å²) in [6.07, 6.45) is 0. The lowest BCUT2D eigenvalue weighted by molar-refractivity contribution is -0.123. The molecule has 2 amide bonds. The van der Waals surface area contributed by atoms with Crippen LogP contribution < -0.4 is 4.90 Å². The van der Waals surface area contributed by atoms with Crippen molar-refractivity contribution in [1.29, 1.82) is 0 Å². The Hall–Kier alpha value is -2.83. The Morgan fingerprint density at radius 3 is 2.48 bits per heavy atom. The highest BCUT2D eigenvalue weighted by molar-refractivity contribution is 8.01. The van der Waals surface area contributed by atoms with Gasteiger partial charge in [0.1, 0.15) is 5.82 Å². The molecule has 7 heteroatoms. The molecule has 0 aromatic heterocycles. The number of carbonyl (C=O) groups is 2. The van der Waals surface area contributed by atoms with Crippen molar-refractivity contribution in [3.63, 3.8) is 0 Å². The van der Waals surface area contributed by atoms with Gasteiger partial charge in [-0.3, -0.25) is 9.59 Å². The van der Waals surface area contributed by atoms with Crippen LogP contribution in [0.3, 0.4) is 0 Å². The molecule has 2 aliphatic rings. The zero-order chi connectivity index (χ0) is 21.6. The molecule has 3 aromatic rings. The van der Waals surface area contributed by atoms with Crippen LogP contribution in [0.15, 0.2) is 72.8 Å². The van der Waals surface area contributed by atoms with Gasteiger partial charge in [0.25, 0.3) is 11.8 Å². The third kappa shape index (κ3) is 3.22. The Balaban J connectivity index is 1.56. The molecule has 1 spiro atoms. The molecule has 3 aromatic carbocycles. The second-order valence-corrected chi connectivity index (χ2v) is 9.22. The van der Waals surface area contributed by atoms with E-state index in [0.717, 1.165) is 16.8 Å². The third-order valence-corrected chi connectivity index (χ3v) is 7.36. The van der Waals surface area contributed by atoms with Crippen molar-refractivity contribution in [1.82, 2.24) is 4.90 Å². The van der Waals surface area contributed by atoms with Gasteiger partial charge in [0.15, 0.2) is 4.87 Å². The van der Waals surface area contributed by atoms with Crippen LogP contribution in [0, 0.1) is 5.82 Å². The van der Waals surface area contributed by atoms with Crippen LogP contribution in [0.2, 0.25) is 5.02 Å². The van der Waals surface area contributed by atoms with Gasteiger partial charge in [-0.25, -0.2) is 4.39 Å². The van der Waals surface area contributed by atoms with Gasteiger partial charge in [-0.2, -0.15) is 0 Å². The fourth-order valence-corrected chi connectivity index (χ4v) is 5.83. The second-order valence-electron chi connectivity index (χ2n) is 7.49. The van der Waals surface area contributed by atoms with E-state index >= 15 is 0 Å². The highest BCUT2D eigenvalue weighted by Gasteiger charge is 2.59. The van der Waals surface area contributed by atoms with Crippen molar-refractivity contribution in [3.8, 4) is 0 Å². The van der Waals surface area contributed by atoms with Gasteiger partial charge >= 0.3 is 0 Å². The minimum Gasteiger partial charge on any atom is -0.311 e. The monoisotopic (exact) mass is 452 g/mol. The van der Waals surface area contributed by atoms with Gasteiger partial charge in [-0.05, 0) is 48.0 Å². The Labute approximate surface area is 188 Å². The van der Waals surface area contributed by atoms with Crippen LogP contribution in [0.5, 0.6) is 0 Å². The summed E-state index contributed by atoms with van der Waals surface area (Å²) >= 11 is 7.46. The van der Waals surface area contributed by atoms with E-state index < -0.39 is 4.87 Å².